The summed E-state index contributed by atoms with van der Waals surface area (Å²) in [4.78, 5) is 6.67. The average molecular weight is 294 g/mol. The molecule has 4 heteroatoms. The van der Waals surface area contributed by atoms with E-state index in [0.29, 0.717) is 6.04 Å². The van der Waals surface area contributed by atoms with Crippen molar-refractivity contribution in [3.05, 3.63) is 44.3 Å². The van der Waals surface area contributed by atoms with Crippen LogP contribution >= 0.6 is 22.7 Å². The predicted octanol–water partition coefficient (Wildman–Crippen LogP) is 3.94. The second-order valence-corrected chi connectivity index (χ2v) is 7.44. The number of rotatable bonds is 7. The first-order valence-electron chi connectivity index (χ1n) is 6.65. The standard InChI is InChI=1S/C15H22N2S2/c1-12(2)16-9-13-6-7-15(19-13)11-17(3)10-14-5-4-8-18-14/h4-8,12,16H,9-11H2,1-3H3. The van der Waals surface area contributed by atoms with Gasteiger partial charge in [-0.25, -0.2) is 0 Å². The van der Waals surface area contributed by atoms with Gasteiger partial charge < -0.3 is 5.32 Å². The van der Waals surface area contributed by atoms with Crippen molar-refractivity contribution in [1.29, 1.82) is 0 Å². The van der Waals surface area contributed by atoms with Gasteiger partial charge in [0.1, 0.15) is 0 Å². The van der Waals surface area contributed by atoms with Crippen LogP contribution in [0.15, 0.2) is 29.6 Å². The molecule has 0 atom stereocenters. The first-order valence-corrected chi connectivity index (χ1v) is 8.35. The highest BCUT2D eigenvalue weighted by molar-refractivity contribution is 7.12. The van der Waals surface area contributed by atoms with Gasteiger partial charge in [-0.15, -0.1) is 22.7 Å². The van der Waals surface area contributed by atoms with Gasteiger partial charge in [-0.2, -0.15) is 0 Å². The highest BCUT2D eigenvalue weighted by Crippen LogP contribution is 2.19. The largest absolute Gasteiger partial charge is 0.310 e. The molecule has 2 nitrogen and oxygen atoms in total. The monoisotopic (exact) mass is 294 g/mol. The van der Waals surface area contributed by atoms with Gasteiger partial charge in [-0.05, 0) is 30.6 Å². The van der Waals surface area contributed by atoms with Crippen LogP contribution in [0.5, 0.6) is 0 Å². The summed E-state index contributed by atoms with van der Waals surface area (Å²) in [6.07, 6.45) is 0. The van der Waals surface area contributed by atoms with Crippen molar-refractivity contribution in [2.45, 2.75) is 39.5 Å². The fourth-order valence-electron chi connectivity index (χ4n) is 1.90. The summed E-state index contributed by atoms with van der Waals surface area (Å²) < 4.78 is 0. The second-order valence-electron chi connectivity index (χ2n) is 5.16. The number of nitrogens with zero attached hydrogens (tertiary/aromatic N) is 1. The quantitative estimate of drug-likeness (QED) is 0.832. The maximum Gasteiger partial charge on any atom is 0.0328 e. The molecule has 2 heterocycles. The lowest BCUT2D eigenvalue weighted by molar-refractivity contribution is 0.325. The first-order chi connectivity index (χ1) is 9.13. The summed E-state index contributed by atoms with van der Waals surface area (Å²) in [6.45, 7) is 7.42. The number of thiophene rings is 2. The summed E-state index contributed by atoms with van der Waals surface area (Å²) in [5.74, 6) is 0. The zero-order valence-corrected chi connectivity index (χ0v) is 13.5. The molecule has 0 unspecified atom stereocenters. The predicted molar refractivity (Wildman–Crippen MR) is 85.8 cm³/mol. The summed E-state index contributed by atoms with van der Waals surface area (Å²) in [5.41, 5.74) is 0. The Bertz CT molecular complexity index is 474. The van der Waals surface area contributed by atoms with Crippen LogP contribution in [-0.4, -0.2) is 18.0 Å². The van der Waals surface area contributed by atoms with E-state index in [1.165, 1.54) is 14.6 Å². The summed E-state index contributed by atoms with van der Waals surface area (Å²) in [5, 5.41) is 5.61. The molecule has 0 aromatic carbocycles. The van der Waals surface area contributed by atoms with E-state index in [2.05, 4.69) is 60.8 Å². The summed E-state index contributed by atoms with van der Waals surface area (Å²) in [7, 11) is 2.19. The van der Waals surface area contributed by atoms with Crippen molar-refractivity contribution in [2.75, 3.05) is 7.05 Å². The highest BCUT2D eigenvalue weighted by Gasteiger charge is 2.05. The lowest BCUT2D eigenvalue weighted by atomic mass is 10.3. The molecule has 19 heavy (non-hydrogen) atoms. The minimum absolute atomic E-state index is 0.548. The van der Waals surface area contributed by atoms with Crippen LogP contribution in [0.25, 0.3) is 0 Å². The van der Waals surface area contributed by atoms with E-state index in [-0.39, 0.29) is 0 Å². The Morgan fingerprint density at radius 1 is 1.11 bits per heavy atom. The van der Waals surface area contributed by atoms with E-state index in [4.69, 9.17) is 0 Å². The van der Waals surface area contributed by atoms with Crippen LogP contribution in [0.1, 0.15) is 28.5 Å². The SMILES string of the molecule is CC(C)NCc1ccc(CN(C)Cc2cccs2)s1. The molecule has 0 radical (unpaired) electrons. The number of hydrogen-bond acceptors (Lipinski definition) is 4. The second kappa shape index (κ2) is 7.20. The smallest absolute Gasteiger partial charge is 0.0328 e. The zero-order chi connectivity index (χ0) is 13.7. The molecule has 104 valence electrons. The molecule has 0 saturated carbocycles. The average Bonchev–Trinajstić information content (AvgIpc) is 2.98. The molecular weight excluding hydrogens is 272 g/mol. The fraction of sp³-hybridized carbons (Fsp3) is 0.467. The Morgan fingerprint density at radius 2 is 1.84 bits per heavy atom. The summed E-state index contributed by atoms with van der Waals surface area (Å²) >= 11 is 3.75. The van der Waals surface area contributed by atoms with Crippen LogP contribution < -0.4 is 5.32 Å². The maximum absolute atomic E-state index is 3.46. The van der Waals surface area contributed by atoms with Crippen molar-refractivity contribution in [3.8, 4) is 0 Å². The molecule has 2 aromatic rings. The molecule has 0 saturated heterocycles. The van der Waals surface area contributed by atoms with Crippen molar-refractivity contribution in [2.24, 2.45) is 0 Å². The van der Waals surface area contributed by atoms with Crippen molar-refractivity contribution in [1.82, 2.24) is 10.2 Å². The van der Waals surface area contributed by atoms with E-state index in [9.17, 15) is 0 Å². The minimum atomic E-state index is 0.548. The Kier molecular flexibility index (Phi) is 5.58. The molecular formula is C15H22N2S2. The summed E-state index contributed by atoms with van der Waals surface area (Å²) in [6, 6.07) is 9.37. The van der Waals surface area contributed by atoms with Crippen molar-refractivity contribution >= 4 is 22.7 Å². The fourth-order valence-corrected chi connectivity index (χ4v) is 3.73. The van der Waals surface area contributed by atoms with E-state index in [1.807, 2.05) is 22.7 Å². The topological polar surface area (TPSA) is 15.3 Å². The van der Waals surface area contributed by atoms with Crippen LogP contribution in [0.2, 0.25) is 0 Å². The third-order valence-electron chi connectivity index (χ3n) is 2.83. The van der Waals surface area contributed by atoms with E-state index in [0.717, 1.165) is 19.6 Å². The first kappa shape index (κ1) is 14.7. The van der Waals surface area contributed by atoms with E-state index >= 15 is 0 Å². The molecule has 1 N–H and O–H groups in total. The Balaban J connectivity index is 1.82. The minimum Gasteiger partial charge on any atom is -0.310 e. The van der Waals surface area contributed by atoms with E-state index < -0.39 is 0 Å². The molecule has 2 rings (SSSR count). The molecule has 0 amide bonds. The van der Waals surface area contributed by atoms with Crippen LogP contribution in [0.4, 0.5) is 0 Å². The third kappa shape index (κ3) is 5.07. The van der Waals surface area contributed by atoms with Gasteiger partial charge in [0.25, 0.3) is 0 Å². The van der Waals surface area contributed by atoms with Crippen molar-refractivity contribution in [3.63, 3.8) is 0 Å². The molecule has 2 aromatic heterocycles. The molecule has 0 aliphatic rings. The third-order valence-corrected chi connectivity index (χ3v) is 4.76. The van der Waals surface area contributed by atoms with Crippen molar-refractivity contribution < 1.29 is 0 Å². The Labute approximate surface area is 124 Å². The highest BCUT2D eigenvalue weighted by atomic mass is 32.1. The molecule has 0 fully saturated rings. The Morgan fingerprint density at radius 3 is 2.53 bits per heavy atom. The number of nitrogens with one attached hydrogen (secondary N) is 1. The molecule has 0 spiro atoms. The van der Waals surface area contributed by atoms with Gasteiger partial charge in [0.2, 0.25) is 0 Å². The van der Waals surface area contributed by atoms with Gasteiger partial charge in [0.15, 0.2) is 0 Å². The van der Waals surface area contributed by atoms with Gasteiger partial charge in [-0.1, -0.05) is 19.9 Å². The van der Waals surface area contributed by atoms with Gasteiger partial charge in [0.05, 0.1) is 0 Å². The normalized spacial score (nSPS) is 11.6. The Hall–Kier alpha value is -0.680. The van der Waals surface area contributed by atoms with Gasteiger partial charge >= 0.3 is 0 Å². The molecule has 0 aliphatic carbocycles. The lowest BCUT2D eigenvalue weighted by Crippen LogP contribution is -2.21. The van der Waals surface area contributed by atoms with Gasteiger partial charge in [-0.3, -0.25) is 4.90 Å². The van der Waals surface area contributed by atoms with Crippen LogP contribution in [0.3, 0.4) is 0 Å². The molecule has 0 bridgehead atoms. The van der Waals surface area contributed by atoms with Crippen LogP contribution in [0, 0.1) is 0 Å². The van der Waals surface area contributed by atoms with Gasteiger partial charge in [0, 0.05) is 40.3 Å². The molecule has 0 aliphatic heterocycles. The zero-order valence-electron chi connectivity index (χ0n) is 11.8. The van der Waals surface area contributed by atoms with E-state index in [1.54, 1.807) is 0 Å². The van der Waals surface area contributed by atoms with Crippen LogP contribution in [-0.2, 0) is 19.6 Å². The maximum atomic E-state index is 3.46. The number of hydrogen-bond donors (Lipinski definition) is 1. The lowest BCUT2D eigenvalue weighted by Gasteiger charge is -2.14.